The normalized spacial score (nSPS) is 10.3. The molecule has 3 rings (SSSR count). The summed E-state index contributed by atoms with van der Waals surface area (Å²) in [5.74, 6) is -0.346. The van der Waals surface area contributed by atoms with E-state index in [9.17, 15) is 4.79 Å². The fraction of sp³-hybridized carbons (Fsp3) is 0. The maximum absolute atomic E-state index is 12.1. The molecule has 0 fully saturated rings. The molecule has 9 heteroatoms. The van der Waals surface area contributed by atoms with Crippen LogP contribution in [0.4, 0.5) is 5.13 Å². The van der Waals surface area contributed by atoms with E-state index in [1.165, 1.54) is 17.5 Å². The molecule has 0 bridgehead atoms. The van der Waals surface area contributed by atoms with Crippen LogP contribution in [0.3, 0.4) is 0 Å². The lowest BCUT2D eigenvalue weighted by Crippen LogP contribution is -2.34. The molecule has 1 aromatic carbocycles. The monoisotopic (exact) mass is 452 g/mol. The van der Waals surface area contributed by atoms with Gasteiger partial charge in [0.25, 0.3) is 5.91 Å². The van der Waals surface area contributed by atoms with Gasteiger partial charge in [0.05, 0.1) is 11.3 Å². The first-order chi connectivity index (χ1) is 12.0. The van der Waals surface area contributed by atoms with Gasteiger partial charge in [-0.25, -0.2) is 4.98 Å². The third kappa shape index (κ3) is 4.82. The zero-order valence-corrected chi connectivity index (χ0v) is 16.5. The van der Waals surface area contributed by atoms with Gasteiger partial charge in [0.2, 0.25) is 0 Å². The van der Waals surface area contributed by atoms with Crippen molar-refractivity contribution in [2.24, 2.45) is 0 Å². The molecule has 2 heterocycles. The second-order valence-corrected chi connectivity index (χ2v) is 7.46. The molecule has 0 aliphatic heterocycles. The standard InChI is InChI=1S/C16H10BrClN4OS2/c17-11-5-10(6-19-7-11)14(23)21-15(24)22-16-20-13(8-25-16)9-1-3-12(18)4-2-9/h1-8H,(H2,20,21,22,23,24). The number of pyridine rings is 1. The number of halogens is 2. The summed E-state index contributed by atoms with van der Waals surface area (Å²) in [4.78, 5) is 20.5. The first-order valence-electron chi connectivity index (χ1n) is 6.95. The van der Waals surface area contributed by atoms with Crippen molar-refractivity contribution in [3.63, 3.8) is 0 Å². The number of benzene rings is 1. The van der Waals surface area contributed by atoms with Crippen LogP contribution in [0.2, 0.25) is 5.02 Å². The molecule has 2 N–H and O–H groups in total. The van der Waals surface area contributed by atoms with Gasteiger partial charge in [-0.15, -0.1) is 11.3 Å². The number of carbonyl (C=O) groups excluding carboxylic acids is 1. The number of hydrogen-bond donors (Lipinski definition) is 2. The van der Waals surface area contributed by atoms with Crippen molar-refractivity contribution in [1.82, 2.24) is 15.3 Å². The molecule has 0 saturated heterocycles. The number of amides is 1. The highest BCUT2D eigenvalue weighted by Crippen LogP contribution is 2.25. The van der Waals surface area contributed by atoms with Crippen LogP contribution in [-0.4, -0.2) is 21.0 Å². The van der Waals surface area contributed by atoms with E-state index in [2.05, 4.69) is 36.5 Å². The molecule has 0 saturated carbocycles. The second-order valence-electron chi connectivity index (χ2n) is 4.84. The number of anilines is 1. The number of nitrogens with one attached hydrogen (secondary N) is 2. The van der Waals surface area contributed by atoms with Crippen LogP contribution in [0, 0.1) is 0 Å². The molecule has 25 heavy (non-hydrogen) atoms. The van der Waals surface area contributed by atoms with Crippen LogP contribution in [0.25, 0.3) is 11.3 Å². The number of thiazole rings is 1. The SMILES string of the molecule is O=C(NC(=S)Nc1nc(-c2ccc(Cl)cc2)cs1)c1cncc(Br)c1. The van der Waals surface area contributed by atoms with Crippen LogP contribution in [0.15, 0.2) is 52.6 Å². The molecule has 3 aromatic rings. The average molecular weight is 454 g/mol. The molecule has 0 aliphatic rings. The molecule has 126 valence electrons. The summed E-state index contributed by atoms with van der Waals surface area (Å²) in [5, 5.41) is 8.83. The van der Waals surface area contributed by atoms with Crippen molar-refractivity contribution in [3.8, 4) is 11.3 Å². The summed E-state index contributed by atoms with van der Waals surface area (Å²) < 4.78 is 0.714. The maximum Gasteiger partial charge on any atom is 0.259 e. The van der Waals surface area contributed by atoms with E-state index in [1.807, 2.05) is 17.5 Å². The lowest BCUT2D eigenvalue weighted by molar-refractivity contribution is 0.0977. The first-order valence-corrected chi connectivity index (χ1v) is 9.41. The topological polar surface area (TPSA) is 66.9 Å². The van der Waals surface area contributed by atoms with Crippen LogP contribution in [0.5, 0.6) is 0 Å². The van der Waals surface area contributed by atoms with E-state index < -0.39 is 0 Å². The third-order valence-corrected chi connectivity index (χ3v) is 4.71. The van der Waals surface area contributed by atoms with Gasteiger partial charge < -0.3 is 5.32 Å². The lowest BCUT2D eigenvalue weighted by atomic mass is 10.2. The predicted molar refractivity (Wildman–Crippen MR) is 108 cm³/mol. The quantitative estimate of drug-likeness (QED) is 0.560. The molecular weight excluding hydrogens is 444 g/mol. The Balaban J connectivity index is 1.63. The van der Waals surface area contributed by atoms with Gasteiger partial charge in [0.1, 0.15) is 0 Å². The summed E-state index contributed by atoms with van der Waals surface area (Å²) >= 11 is 15.7. The summed E-state index contributed by atoms with van der Waals surface area (Å²) in [6, 6.07) is 9.05. The first kappa shape index (κ1) is 17.9. The van der Waals surface area contributed by atoms with Crippen molar-refractivity contribution in [1.29, 1.82) is 0 Å². The molecule has 1 amide bonds. The summed E-state index contributed by atoms with van der Waals surface area (Å²) in [6.07, 6.45) is 3.06. The molecule has 0 atom stereocenters. The second kappa shape index (κ2) is 8.01. The summed E-state index contributed by atoms with van der Waals surface area (Å²) in [7, 11) is 0. The Hall–Kier alpha value is -1.87. The zero-order chi connectivity index (χ0) is 17.8. The number of thiocarbonyl (C=S) groups is 1. The molecule has 2 aromatic heterocycles. The Bertz CT molecular complexity index is 930. The molecule has 0 spiro atoms. The van der Waals surface area contributed by atoms with Gasteiger partial charge in [0.15, 0.2) is 10.2 Å². The smallest absolute Gasteiger partial charge is 0.259 e. The fourth-order valence-corrected chi connectivity index (χ4v) is 3.39. The van der Waals surface area contributed by atoms with Gasteiger partial charge in [-0.1, -0.05) is 23.7 Å². The van der Waals surface area contributed by atoms with Crippen LogP contribution < -0.4 is 10.6 Å². The highest BCUT2D eigenvalue weighted by molar-refractivity contribution is 9.10. The van der Waals surface area contributed by atoms with Gasteiger partial charge in [-0.2, -0.15) is 0 Å². The van der Waals surface area contributed by atoms with E-state index in [0.29, 0.717) is 20.2 Å². The van der Waals surface area contributed by atoms with Crippen LogP contribution >= 0.6 is 51.1 Å². The Morgan fingerprint density at radius 1 is 1.24 bits per heavy atom. The Morgan fingerprint density at radius 2 is 2.00 bits per heavy atom. The largest absolute Gasteiger partial charge is 0.308 e. The van der Waals surface area contributed by atoms with Crippen molar-refractivity contribution in [2.75, 3.05) is 5.32 Å². The molecule has 5 nitrogen and oxygen atoms in total. The molecule has 0 unspecified atom stereocenters. The van der Waals surface area contributed by atoms with Crippen molar-refractivity contribution >= 4 is 67.2 Å². The Kier molecular flexibility index (Phi) is 5.74. The van der Waals surface area contributed by atoms with Gasteiger partial charge >= 0.3 is 0 Å². The van der Waals surface area contributed by atoms with Gasteiger partial charge in [-0.3, -0.25) is 15.1 Å². The fourth-order valence-electron chi connectivity index (χ4n) is 1.92. The highest BCUT2D eigenvalue weighted by Gasteiger charge is 2.11. The Morgan fingerprint density at radius 3 is 2.72 bits per heavy atom. The summed E-state index contributed by atoms with van der Waals surface area (Å²) in [5.41, 5.74) is 2.15. The highest BCUT2D eigenvalue weighted by atomic mass is 79.9. The van der Waals surface area contributed by atoms with E-state index in [1.54, 1.807) is 24.4 Å². The lowest BCUT2D eigenvalue weighted by Gasteiger charge is -2.07. The molecule has 0 radical (unpaired) electrons. The minimum atomic E-state index is -0.346. The maximum atomic E-state index is 12.1. The number of nitrogens with zero attached hydrogens (tertiary/aromatic N) is 2. The number of aromatic nitrogens is 2. The van der Waals surface area contributed by atoms with E-state index in [-0.39, 0.29) is 11.0 Å². The predicted octanol–water partition coefficient (Wildman–Crippen LogP) is 4.75. The Labute approximate surface area is 166 Å². The minimum Gasteiger partial charge on any atom is -0.308 e. The van der Waals surface area contributed by atoms with Crippen LogP contribution in [0.1, 0.15) is 10.4 Å². The van der Waals surface area contributed by atoms with E-state index in [0.717, 1.165) is 11.3 Å². The number of hydrogen-bond acceptors (Lipinski definition) is 5. The number of rotatable bonds is 3. The summed E-state index contributed by atoms with van der Waals surface area (Å²) in [6.45, 7) is 0. The van der Waals surface area contributed by atoms with Gasteiger partial charge in [0, 0.05) is 32.8 Å². The van der Waals surface area contributed by atoms with Crippen molar-refractivity contribution in [3.05, 3.63) is 63.2 Å². The average Bonchev–Trinajstić information content (AvgIpc) is 3.03. The third-order valence-electron chi connectivity index (χ3n) is 3.06. The van der Waals surface area contributed by atoms with E-state index >= 15 is 0 Å². The number of carbonyl (C=O) groups is 1. The zero-order valence-electron chi connectivity index (χ0n) is 12.5. The minimum absolute atomic E-state index is 0.169. The van der Waals surface area contributed by atoms with Crippen LogP contribution in [-0.2, 0) is 0 Å². The van der Waals surface area contributed by atoms with Crippen molar-refractivity contribution in [2.45, 2.75) is 0 Å². The van der Waals surface area contributed by atoms with E-state index in [4.69, 9.17) is 23.8 Å². The van der Waals surface area contributed by atoms with Crippen molar-refractivity contribution < 1.29 is 4.79 Å². The van der Waals surface area contributed by atoms with Gasteiger partial charge in [-0.05, 0) is 46.3 Å². The molecule has 0 aliphatic carbocycles. The molecular formula is C16H10BrClN4OS2.